The molecule has 3 heterocycles. The highest BCUT2D eigenvalue weighted by Gasteiger charge is 2.46. The number of rotatable bonds is 6. The molecule has 13 rings (SSSR count). The van der Waals surface area contributed by atoms with Gasteiger partial charge in [0.25, 0.3) is 0 Å². The van der Waals surface area contributed by atoms with Gasteiger partial charge in [-0.2, -0.15) is 0 Å². The van der Waals surface area contributed by atoms with Crippen LogP contribution in [-0.2, 0) is 5.41 Å². The molecule has 0 bridgehead atoms. The third-order valence-corrected chi connectivity index (χ3v) is 12.9. The summed E-state index contributed by atoms with van der Waals surface area (Å²) in [6.07, 6.45) is 0. The molecule has 294 valence electrons. The molecule has 12 aromatic rings. The van der Waals surface area contributed by atoms with E-state index in [0.717, 1.165) is 66.1 Å². The van der Waals surface area contributed by atoms with Gasteiger partial charge in [-0.25, -0.2) is 15.0 Å². The highest BCUT2D eigenvalue weighted by molar-refractivity contribution is 6.16. The molecule has 0 N–H and O–H groups in total. The van der Waals surface area contributed by atoms with Gasteiger partial charge in [-0.3, -0.25) is 0 Å². The van der Waals surface area contributed by atoms with Crippen molar-refractivity contribution < 1.29 is 4.42 Å². The van der Waals surface area contributed by atoms with Crippen LogP contribution in [-0.4, -0.2) is 19.5 Å². The van der Waals surface area contributed by atoms with E-state index in [0.29, 0.717) is 17.5 Å². The lowest BCUT2D eigenvalue weighted by molar-refractivity contribution is 0.668. The van der Waals surface area contributed by atoms with Crippen molar-refractivity contribution in [3.8, 4) is 51.0 Å². The van der Waals surface area contributed by atoms with E-state index in [4.69, 9.17) is 19.4 Å². The number of furan rings is 1. The summed E-state index contributed by atoms with van der Waals surface area (Å²) in [4.78, 5) is 15.6. The van der Waals surface area contributed by atoms with Crippen LogP contribution in [0.4, 0.5) is 0 Å². The van der Waals surface area contributed by atoms with Crippen molar-refractivity contribution in [3.63, 3.8) is 0 Å². The zero-order valence-electron chi connectivity index (χ0n) is 34.0. The van der Waals surface area contributed by atoms with E-state index in [-0.39, 0.29) is 0 Å². The molecule has 0 unspecified atom stereocenters. The number of benzene rings is 9. The van der Waals surface area contributed by atoms with E-state index in [9.17, 15) is 0 Å². The van der Waals surface area contributed by atoms with E-state index in [1.165, 1.54) is 33.4 Å². The summed E-state index contributed by atoms with van der Waals surface area (Å²) < 4.78 is 8.86. The summed E-state index contributed by atoms with van der Waals surface area (Å²) in [5.41, 5.74) is 14.5. The van der Waals surface area contributed by atoms with E-state index >= 15 is 0 Å². The fraction of sp³-hybridized carbons (Fsp3) is 0.0172. The van der Waals surface area contributed by atoms with Crippen LogP contribution in [0.15, 0.2) is 223 Å². The minimum Gasteiger partial charge on any atom is -0.456 e. The summed E-state index contributed by atoms with van der Waals surface area (Å²) in [5.74, 6) is 1.86. The Morgan fingerprint density at radius 3 is 1.63 bits per heavy atom. The first-order valence-corrected chi connectivity index (χ1v) is 21.4. The average Bonchev–Trinajstić information content (AvgIpc) is 4.00. The molecule has 0 saturated heterocycles. The number of para-hydroxylation sites is 1. The molecular weight excluding hydrogens is 769 g/mol. The van der Waals surface area contributed by atoms with Crippen molar-refractivity contribution in [2.75, 3.05) is 0 Å². The summed E-state index contributed by atoms with van der Waals surface area (Å²) >= 11 is 0. The lowest BCUT2D eigenvalue weighted by Gasteiger charge is -2.34. The maximum absolute atomic E-state index is 6.49. The highest BCUT2D eigenvalue weighted by atomic mass is 16.3. The van der Waals surface area contributed by atoms with Gasteiger partial charge in [0.15, 0.2) is 17.5 Å². The summed E-state index contributed by atoms with van der Waals surface area (Å²) in [6, 6.07) is 77.6. The van der Waals surface area contributed by atoms with Crippen molar-refractivity contribution in [1.82, 2.24) is 19.5 Å². The van der Waals surface area contributed by atoms with Crippen molar-refractivity contribution in [2.45, 2.75) is 5.41 Å². The zero-order chi connectivity index (χ0) is 41.5. The molecule has 1 aliphatic carbocycles. The molecule has 0 radical (unpaired) electrons. The first kappa shape index (κ1) is 35.4. The van der Waals surface area contributed by atoms with Crippen molar-refractivity contribution in [1.29, 1.82) is 0 Å². The minimum absolute atomic E-state index is 0.576. The van der Waals surface area contributed by atoms with Crippen LogP contribution in [0.5, 0.6) is 0 Å². The second-order valence-corrected chi connectivity index (χ2v) is 16.3. The lowest BCUT2D eigenvalue weighted by Crippen LogP contribution is -2.28. The molecule has 0 saturated carbocycles. The molecule has 5 heteroatoms. The third kappa shape index (κ3) is 5.27. The van der Waals surface area contributed by atoms with Gasteiger partial charge in [0.05, 0.1) is 16.4 Å². The van der Waals surface area contributed by atoms with Gasteiger partial charge in [-0.05, 0) is 69.8 Å². The predicted molar refractivity (Wildman–Crippen MR) is 255 cm³/mol. The molecule has 0 atom stereocenters. The SMILES string of the molecule is c1ccc(-c2nc(-c3ccccc3)nc(-c3cccc4c3c3cc(C5(c6ccccc6)c6ccccc6-c6ccccc65)ccc3n4-c3ccc4c(c3)oc3ccccc34)n2)cc1. The maximum atomic E-state index is 6.49. The average molecular weight is 805 g/mol. The Labute approximate surface area is 363 Å². The monoisotopic (exact) mass is 804 g/mol. The Bertz CT molecular complexity index is 3640. The second kappa shape index (κ2) is 13.8. The lowest BCUT2D eigenvalue weighted by atomic mass is 9.67. The van der Waals surface area contributed by atoms with Crippen LogP contribution in [0, 0.1) is 0 Å². The van der Waals surface area contributed by atoms with Gasteiger partial charge < -0.3 is 8.98 Å². The molecule has 0 spiro atoms. The Kier molecular flexibility index (Phi) is 7.75. The van der Waals surface area contributed by atoms with Gasteiger partial charge >= 0.3 is 0 Å². The molecule has 0 aliphatic heterocycles. The number of nitrogens with zero attached hydrogens (tertiary/aromatic N) is 4. The fourth-order valence-electron chi connectivity index (χ4n) is 10.3. The molecule has 3 aromatic heterocycles. The smallest absolute Gasteiger partial charge is 0.164 e. The van der Waals surface area contributed by atoms with E-state index in [1.807, 2.05) is 48.5 Å². The molecule has 1 aliphatic rings. The summed E-state index contributed by atoms with van der Waals surface area (Å²) in [5, 5.41) is 4.36. The topological polar surface area (TPSA) is 56.7 Å². The van der Waals surface area contributed by atoms with Gasteiger partial charge in [-0.15, -0.1) is 0 Å². The van der Waals surface area contributed by atoms with Crippen molar-refractivity contribution >= 4 is 43.7 Å². The number of fused-ring (bicyclic) bond motifs is 9. The van der Waals surface area contributed by atoms with Crippen LogP contribution in [0.3, 0.4) is 0 Å². The van der Waals surface area contributed by atoms with Gasteiger partial charge in [0.2, 0.25) is 0 Å². The quantitative estimate of drug-likeness (QED) is 0.168. The van der Waals surface area contributed by atoms with E-state index in [2.05, 4.69) is 174 Å². The molecule has 5 nitrogen and oxygen atoms in total. The molecular formula is C58H36N4O. The van der Waals surface area contributed by atoms with Crippen LogP contribution >= 0.6 is 0 Å². The van der Waals surface area contributed by atoms with Crippen LogP contribution in [0.25, 0.3) is 94.7 Å². The van der Waals surface area contributed by atoms with Crippen LogP contribution in [0.2, 0.25) is 0 Å². The van der Waals surface area contributed by atoms with Crippen molar-refractivity contribution in [2.24, 2.45) is 0 Å². The van der Waals surface area contributed by atoms with Gasteiger partial charge in [0.1, 0.15) is 11.2 Å². The first-order chi connectivity index (χ1) is 31.2. The Morgan fingerprint density at radius 2 is 0.937 bits per heavy atom. The van der Waals surface area contributed by atoms with E-state index in [1.54, 1.807) is 0 Å². The van der Waals surface area contributed by atoms with Gasteiger partial charge in [0, 0.05) is 50.0 Å². The Hall–Kier alpha value is -8.41. The van der Waals surface area contributed by atoms with E-state index < -0.39 is 5.41 Å². The Morgan fingerprint density at radius 1 is 0.365 bits per heavy atom. The second-order valence-electron chi connectivity index (χ2n) is 16.3. The standard InChI is InChI=1S/C58H36N4O/c1-4-17-37(18-5-1)55-59-56(38-19-6-2-7-20-38)61-57(60-55)46-26-16-29-51-54(46)47-35-40(31-34-50(47)62(51)41-32-33-45-44-25-12-15-30-52(44)63-53(45)36-41)58(39-21-8-3-9-22-39)48-27-13-10-23-42(48)43-24-11-14-28-49(43)58/h1-36H. The predicted octanol–water partition coefficient (Wildman–Crippen LogP) is 14.2. The third-order valence-electron chi connectivity index (χ3n) is 12.9. The van der Waals surface area contributed by atoms with Crippen LogP contribution in [0.1, 0.15) is 22.3 Å². The number of hydrogen-bond acceptors (Lipinski definition) is 4. The molecule has 0 amide bonds. The summed E-state index contributed by atoms with van der Waals surface area (Å²) in [7, 11) is 0. The molecule has 0 fully saturated rings. The van der Waals surface area contributed by atoms with Crippen molar-refractivity contribution in [3.05, 3.63) is 241 Å². The van der Waals surface area contributed by atoms with Gasteiger partial charge in [-0.1, -0.05) is 176 Å². The Balaban J connectivity index is 1.14. The largest absolute Gasteiger partial charge is 0.456 e. The molecule has 9 aromatic carbocycles. The normalized spacial score (nSPS) is 12.9. The zero-order valence-corrected chi connectivity index (χ0v) is 34.0. The fourth-order valence-corrected chi connectivity index (χ4v) is 10.3. The summed E-state index contributed by atoms with van der Waals surface area (Å²) in [6.45, 7) is 0. The molecule has 63 heavy (non-hydrogen) atoms. The minimum atomic E-state index is -0.576. The number of aromatic nitrogens is 4. The van der Waals surface area contributed by atoms with Crippen LogP contribution < -0.4 is 0 Å². The number of hydrogen-bond donors (Lipinski definition) is 0. The first-order valence-electron chi connectivity index (χ1n) is 21.4. The highest BCUT2D eigenvalue weighted by Crippen LogP contribution is 2.56. The maximum Gasteiger partial charge on any atom is 0.164 e.